The molecule has 4 rings (SSSR count). The van der Waals surface area contributed by atoms with Gasteiger partial charge in [0.25, 0.3) is 0 Å². The molecule has 0 aliphatic heterocycles. The van der Waals surface area contributed by atoms with Crippen molar-refractivity contribution in [3.05, 3.63) is 83.4 Å². The van der Waals surface area contributed by atoms with Gasteiger partial charge in [-0.25, -0.2) is 4.79 Å². The molecular weight excluding hydrogens is 348 g/mol. The minimum atomic E-state index is -0.469. The molecule has 1 aliphatic rings. The fourth-order valence-electron chi connectivity index (χ4n) is 4.07. The average Bonchev–Trinajstić information content (AvgIpc) is 2.77. The van der Waals surface area contributed by atoms with Crippen molar-refractivity contribution in [1.29, 1.82) is 0 Å². The summed E-state index contributed by atoms with van der Waals surface area (Å²) in [4.78, 5) is 24.9. The second kappa shape index (κ2) is 8.39. The third-order valence-electron chi connectivity index (χ3n) is 5.65. The number of fused-ring (bicyclic) bond motifs is 1. The smallest absolute Gasteiger partial charge is 0.339 e. The zero-order chi connectivity index (χ0) is 19.3. The Morgan fingerprint density at radius 1 is 0.821 bits per heavy atom. The van der Waals surface area contributed by atoms with Crippen molar-refractivity contribution in [3.63, 3.8) is 0 Å². The molecule has 1 saturated carbocycles. The van der Waals surface area contributed by atoms with Crippen molar-refractivity contribution >= 4 is 22.5 Å². The molecule has 0 N–H and O–H groups in total. The van der Waals surface area contributed by atoms with E-state index in [9.17, 15) is 9.59 Å². The molecule has 0 bridgehead atoms. The summed E-state index contributed by atoms with van der Waals surface area (Å²) < 4.78 is 5.31. The number of ether oxygens (including phenoxy) is 1. The Bertz CT molecular complexity index is 977. The highest BCUT2D eigenvalue weighted by Gasteiger charge is 2.17. The predicted octanol–water partition coefficient (Wildman–Crippen LogP) is 5.93. The van der Waals surface area contributed by atoms with Gasteiger partial charge in [0.15, 0.2) is 12.4 Å². The second-order valence-electron chi connectivity index (χ2n) is 7.48. The molecule has 3 nitrogen and oxygen atoms in total. The fraction of sp³-hybridized carbons (Fsp3) is 0.280. The lowest BCUT2D eigenvalue weighted by Crippen LogP contribution is -2.14. The van der Waals surface area contributed by atoms with E-state index < -0.39 is 5.97 Å². The number of hydrogen-bond donors (Lipinski definition) is 0. The molecule has 0 saturated heterocycles. The molecule has 0 radical (unpaired) electrons. The quantitative estimate of drug-likeness (QED) is 0.412. The van der Waals surface area contributed by atoms with Crippen molar-refractivity contribution in [3.8, 4) is 0 Å². The fourth-order valence-corrected chi connectivity index (χ4v) is 4.07. The lowest BCUT2D eigenvalue weighted by Gasteiger charge is -2.22. The van der Waals surface area contributed by atoms with Crippen LogP contribution in [0.4, 0.5) is 0 Å². The van der Waals surface area contributed by atoms with E-state index in [-0.39, 0.29) is 12.4 Å². The lowest BCUT2D eigenvalue weighted by molar-refractivity contribution is 0.0476. The number of hydrogen-bond acceptors (Lipinski definition) is 3. The van der Waals surface area contributed by atoms with Gasteiger partial charge in [0.2, 0.25) is 0 Å². The molecule has 0 amide bonds. The summed E-state index contributed by atoms with van der Waals surface area (Å²) in [5.74, 6) is -0.0325. The Balaban J connectivity index is 1.40. The molecular formula is C25H24O3. The molecule has 1 fully saturated rings. The zero-order valence-corrected chi connectivity index (χ0v) is 15.9. The van der Waals surface area contributed by atoms with Crippen LogP contribution >= 0.6 is 0 Å². The van der Waals surface area contributed by atoms with Crippen molar-refractivity contribution in [2.45, 2.75) is 38.0 Å². The van der Waals surface area contributed by atoms with Crippen molar-refractivity contribution in [2.24, 2.45) is 0 Å². The average molecular weight is 372 g/mol. The van der Waals surface area contributed by atoms with Crippen LogP contribution in [-0.4, -0.2) is 18.4 Å². The predicted molar refractivity (Wildman–Crippen MR) is 111 cm³/mol. The molecule has 0 spiro atoms. The highest BCUT2D eigenvalue weighted by Crippen LogP contribution is 2.32. The minimum Gasteiger partial charge on any atom is -0.454 e. The zero-order valence-electron chi connectivity index (χ0n) is 15.9. The molecule has 3 heteroatoms. The maximum absolute atomic E-state index is 12.5. The summed E-state index contributed by atoms with van der Waals surface area (Å²) in [6, 6.07) is 21.0. The van der Waals surface area contributed by atoms with Crippen LogP contribution in [0.2, 0.25) is 0 Å². The van der Waals surface area contributed by atoms with Crippen LogP contribution in [-0.2, 0) is 4.74 Å². The van der Waals surface area contributed by atoms with E-state index in [0.29, 0.717) is 17.0 Å². The van der Waals surface area contributed by atoms with Crippen LogP contribution in [0.5, 0.6) is 0 Å². The largest absolute Gasteiger partial charge is 0.454 e. The van der Waals surface area contributed by atoms with Crippen LogP contribution in [0, 0.1) is 0 Å². The van der Waals surface area contributed by atoms with E-state index in [1.807, 2.05) is 48.5 Å². The summed E-state index contributed by atoms with van der Waals surface area (Å²) in [7, 11) is 0. The van der Waals surface area contributed by atoms with Crippen LogP contribution in [0.25, 0.3) is 10.8 Å². The van der Waals surface area contributed by atoms with Gasteiger partial charge in [0, 0.05) is 5.56 Å². The molecule has 28 heavy (non-hydrogen) atoms. The maximum atomic E-state index is 12.5. The number of benzene rings is 3. The van der Waals surface area contributed by atoms with Gasteiger partial charge >= 0.3 is 5.97 Å². The Kier molecular flexibility index (Phi) is 5.52. The number of Topliss-reactive ketones (excluding diaryl/α,β-unsaturated/α-hetero) is 1. The summed E-state index contributed by atoms with van der Waals surface area (Å²) in [6.07, 6.45) is 6.37. The van der Waals surface area contributed by atoms with Gasteiger partial charge in [0.1, 0.15) is 0 Å². The molecule has 0 unspecified atom stereocenters. The van der Waals surface area contributed by atoms with E-state index in [1.54, 1.807) is 6.07 Å². The normalized spacial score (nSPS) is 14.7. The van der Waals surface area contributed by atoms with Crippen molar-refractivity contribution in [2.75, 3.05) is 6.61 Å². The maximum Gasteiger partial charge on any atom is 0.339 e. The van der Waals surface area contributed by atoms with Gasteiger partial charge in [-0.1, -0.05) is 79.9 Å². The topological polar surface area (TPSA) is 43.4 Å². The number of carbonyl (C=O) groups is 2. The Morgan fingerprint density at radius 3 is 2.32 bits per heavy atom. The summed E-state index contributed by atoms with van der Waals surface area (Å²) in [5, 5.41) is 1.81. The first-order valence-corrected chi connectivity index (χ1v) is 10.0. The van der Waals surface area contributed by atoms with Crippen LogP contribution < -0.4 is 0 Å². The number of ketones is 1. The molecule has 1 aliphatic carbocycles. The summed E-state index contributed by atoms with van der Waals surface area (Å²) in [6.45, 7) is -0.245. The Morgan fingerprint density at radius 2 is 1.54 bits per heavy atom. The third-order valence-corrected chi connectivity index (χ3v) is 5.65. The summed E-state index contributed by atoms with van der Waals surface area (Å²) >= 11 is 0. The monoisotopic (exact) mass is 372 g/mol. The van der Waals surface area contributed by atoms with E-state index in [0.717, 1.165) is 10.8 Å². The van der Waals surface area contributed by atoms with Crippen molar-refractivity contribution in [1.82, 2.24) is 0 Å². The van der Waals surface area contributed by atoms with Crippen LogP contribution in [0.15, 0.2) is 66.7 Å². The highest BCUT2D eigenvalue weighted by atomic mass is 16.5. The summed E-state index contributed by atoms with van der Waals surface area (Å²) in [5.41, 5.74) is 2.38. The molecule has 3 aromatic carbocycles. The lowest BCUT2D eigenvalue weighted by atomic mass is 9.84. The molecule has 3 aromatic rings. The van der Waals surface area contributed by atoms with Gasteiger partial charge in [-0.3, -0.25) is 4.79 Å². The molecule has 0 heterocycles. The number of carbonyl (C=O) groups excluding carboxylic acids is 2. The first-order chi connectivity index (χ1) is 13.7. The van der Waals surface area contributed by atoms with Gasteiger partial charge in [-0.2, -0.15) is 0 Å². The van der Waals surface area contributed by atoms with E-state index in [4.69, 9.17) is 4.74 Å². The van der Waals surface area contributed by atoms with Crippen LogP contribution in [0.1, 0.15) is 64.3 Å². The second-order valence-corrected chi connectivity index (χ2v) is 7.48. The highest BCUT2D eigenvalue weighted by molar-refractivity contribution is 6.05. The third kappa shape index (κ3) is 3.99. The van der Waals surface area contributed by atoms with Gasteiger partial charge in [0.05, 0.1) is 5.56 Å². The van der Waals surface area contributed by atoms with Crippen molar-refractivity contribution < 1.29 is 14.3 Å². The standard InChI is InChI=1S/C25H24O3/c26-24(21-15-13-19(14-16-21)18-7-2-1-3-8-18)17-28-25(27)23-12-6-10-20-9-4-5-11-22(20)23/h4-6,9-16,18H,1-3,7-8,17H2. The van der Waals surface area contributed by atoms with E-state index in [2.05, 4.69) is 12.1 Å². The SMILES string of the molecule is O=C(COC(=O)c1cccc2ccccc12)c1ccc(C2CCCCC2)cc1. The number of rotatable bonds is 5. The first kappa shape index (κ1) is 18.4. The molecule has 0 aromatic heterocycles. The number of esters is 1. The molecule has 0 atom stereocenters. The Hall–Kier alpha value is -2.94. The first-order valence-electron chi connectivity index (χ1n) is 10.0. The minimum absolute atomic E-state index is 0.177. The van der Waals surface area contributed by atoms with Gasteiger partial charge < -0.3 is 4.74 Å². The van der Waals surface area contributed by atoms with E-state index >= 15 is 0 Å². The van der Waals surface area contributed by atoms with Gasteiger partial charge in [-0.05, 0) is 41.2 Å². The van der Waals surface area contributed by atoms with E-state index in [1.165, 1.54) is 37.7 Å². The van der Waals surface area contributed by atoms with Crippen LogP contribution in [0.3, 0.4) is 0 Å². The molecule has 142 valence electrons. The Labute approximate surface area is 165 Å². The van der Waals surface area contributed by atoms with Gasteiger partial charge in [-0.15, -0.1) is 0 Å².